The summed E-state index contributed by atoms with van der Waals surface area (Å²) in [5.41, 5.74) is 5.59. The van der Waals surface area contributed by atoms with E-state index in [9.17, 15) is 9.59 Å². The minimum Gasteiger partial charge on any atom is -0.373 e. The molecule has 2 aromatic carbocycles. The number of anilines is 1. The molecule has 7 heteroatoms. The predicted octanol–water partition coefficient (Wildman–Crippen LogP) is 5.00. The average Bonchev–Trinajstić information content (AvgIpc) is 3.03. The smallest absolute Gasteiger partial charge is 0.256 e. The van der Waals surface area contributed by atoms with Gasteiger partial charge in [-0.05, 0) is 55.2 Å². The van der Waals surface area contributed by atoms with Crippen LogP contribution in [0.15, 0.2) is 72.2 Å². The molecule has 6 nitrogen and oxygen atoms in total. The lowest BCUT2D eigenvalue weighted by atomic mass is 9.79. The first-order valence-electron chi connectivity index (χ1n) is 11.8. The highest BCUT2D eigenvalue weighted by Crippen LogP contribution is 2.36. The minimum absolute atomic E-state index is 0.00406. The van der Waals surface area contributed by atoms with Crippen molar-refractivity contribution >= 4 is 29.0 Å². The van der Waals surface area contributed by atoms with E-state index in [2.05, 4.69) is 21.6 Å². The highest BCUT2D eigenvalue weighted by Gasteiger charge is 2.39. The SMILES string of the molecule is Cc1cccc(C)c1C(=O)Nc1ccc(C(=O)C2CC=CC3=CNC=C4COCCN4C32)c(Cl)c1. The molecule has 1 aliphatic carbocycles. The van der Waals surface area contributed by atoms with E-state index in [4.69, 9.17) is 16.3 Å². The number of rotatable bonds is 4. The molecule has 0 radical (unpaired) electrons. The maximum atomic E-state index is 13.8. The van der Waals surface area contributed by atoms with Crippen LogP contribution in [0.3, 0.4) is 0 Å². The van der Waals surface area contributed by atoms with Crippen LogP contribution in [0.4, 0.5) is 5.69 Å². The molecule has 2 heterocycles. The van der Waals surface area contributed by atoms with Crippen molar-refractivity contribution in [3.63, 3.8) is 0 Å². The zero-order valence-electron chi connectivity index (χ0n) is 19.8. The molecule has 0 bridgehead atoms. The second-order valence-electron chi connectivity index (χ2n) is 9.16. The van der Waals surface area contributed by atoms with Gasteiger partial charge in [-0.1, -0.05) is 42.0 Å². The van der Waals surface area contributed by atoms with Gasteiger partial charge >= 0.3 is 0 Å². The fourth-order valence-electron chi connectivity index (χ4n) is 5.19. The van der Waals surface area contributed by atoms with E-state index in [1.165, 1.54) is 0 Å². The molecule has 2 aliphatic heterocycles. The Morgan fingerprint density at radius 1 is 1.14 bits per heavy atom. The van der Waals surface area contributed by atoms with E-state index in [1.807, 2.05) is 50.5 Å². The van der Waals surface area contributed by atoms with Gasteiger partial charge in [-0.2, -0.15) is 0 Å². The van der Waals surface area contributed by atoms with E-state index in [0.29, 0.717) is 41.5 Å². The van der Waals surface area contributed by atoms with Crippen molar-refractivity contribution in [1.82, 2.24) is 10.2 Å². The molecular formula is C28H28ClN3O3. The Labute approximate surface area is 210 Å². The molecule has 0 aromatic heterocycles. The summed E-state index contributed by atoms with van der Waals surface area (Å²) < 4.78 is 5.63. The third-order valence-electron chi connectivity index (χ3n) is 6.89. The van der Waals surface area contributed by atoms with Crippen LogP contribution in [-0.4, -0.2) is 42.4 Å². The maximum absolute atomic E-state index is 13.8. The second-order valence-corrected chi connectivity index (χ2v) is 9.57. The Hall–Kier alpha value is -3.35. The molecule has 180 valence electrons. The summed E-state index contributed by atoms with van der Waals surface area (Å²) in [6.45, 7) is 5.70. The Kier molecular flexibility index (Phi) is 6.50. The number of hydrogen-bond acceptors (Lipinski definition) is 5. The van der Waals surface area contributed by atoms with Crippen molar-refractivity contribution in [1.29, 1.82) is 0 Å². The number of aryl methyl sites for hydroxylation is 2. The number of carbonyl (C=O) groups excluding carboxylic acids is 2. The lowest BCUT2D eigenvalue weighted by Crippen LogP contribution is -2.48. The molecule has 0 saturated carbocycles. The Morgan fingerprint density at radius 3 is 2.71 bits per heavy atom. The summed E-state index contributed by atoms with van der Waals surface area (Å²) in [5.74, 6) is -0.476. The lowest BCUT2D eigenvalue weighted by molar-refractivity contribution is 0.0455. The Bertz CT molecular complexity index is 1260. The van der Waals surface area contributed by atoms with Crippen LogP contribution in [-0.2, 0) is 4.74 Å². The lowest BCUT2D eigenvalue weighted by Gasteiger charge is -2.42. The predicted molar refractivity (Wildman–Crippen MR) is 138 cm³/mol. The van der Waals surface area contributed by atoms with Crippen molar-refractivity contribution < 1.29 is 14.3 Å². The number of Topliss-reactive ketones (excluding diaryl/α,β-unsaturated/α-hetero) is 1. The Balaban J connectivity index is 1.39. The zero-order chi connectivity index (χ0) is 24.5. The maximum Gasteiger partial charge on any atom is 0.256 e. The highest BCUT2D eigenvalue weighted by molar-refractivity contribution is 6.34. The van der Waals surface area contributed by atoms with Crippen LogP contribution in [0.25, 0.3) is 0 Å². The van der Waals surface area contributed by atoms with E-state index < -0.39 is 0 Å². The summed E-state index contributed by atoms with van der Waals surface area (Å²) in [7, 11) is 0. The second kappa shape index (κ2) is 9.72. The highest BCUT2D eigenvalue weighted by atomic mass is 35.5. The fraction of sp³-hybridized carbons (Fsp3) is 0.286. The minimum atomic E-state index is -0.278. The third kappa shape index (κ3) is 4.51. The quantitative estimate of drug-likeness (QED) is 0.591. The van der Waals surface area contributed by atoms with E-state index >= 15 is 0 Å². The molecule has 1 saturated heterocycles. The van der Waals surface area contributed by atoms with Gasteiger partial charge in [0.1, 0.15) is 0 Å². The van der Waals surface area contributed by atoms with Crippen LogP contribution in [0.5, 0.6) is 0 Å². The first-order chi connectivity index (χ1) is 16.9. The molecule has 3 aliphatic rings. The number of hydrogen-bond donors (Lipinski definition) is 2. The van der Waals surface area contributed by atoms with Crippen molar-refractivity contribution in [3.8, 4) is 0 Å². The number of fused-ring (bicyclic) bond motifs is 3. The number of ketones is 1. The standard InChI is InChI=1S/C28H28ClN3O3/c1-17-5-3-6-18(2)25(17)28(34)31-20-9-10-22(24(29)13-20)27(33)23-8-4-7-19-14-30-15-21-16-35-12-11-32(21)26(19)23/h3-7,9-10,13-15,23,26,30H,8,11-12,16H2,1-2H3,(H,31,34). The number of carbonyl (C=O) groups is 2. The largest absolute Gasteiger partial charge is 0.373 e. The van der Waals surface area contributed by atoms with Gasteiger partial charge in [0.25, 0.3) is 5.91 Å². The molecule has 1 fully saturated rings. The zero-order valence-corrected chi connectivity index (χ0v) is 20.6. The van der Waals surface area contributed by atoms with Crippen LogP contribution in [0, 0.1) is 19.8 Å². The molecule has 2 aromatic rings. The molecule has 2 atom stereocenters. The number of morpholine rings is 1. The van der Waals surface area contributed by atoms with Crippen LogP contribution >= 0.6 is 11.6 Å². The van der Waals surface area contributed by atoms with Gasteiger partial charge < -0.3 is 20.3 Å². The van der Waals surface area contributed by atoms with Crippen molar-refractivity contribution in [2.24, 2.45) is 5.92 Å². The molecule has 2 unspecified atom stereocenters. The number of nitrogens with one attached hydrogen (secondary N) is 2. The number of allylic oxidation sites excluding steroid dienone is 1. The molecule has 2 N–H and O–H groups in total. The summed E-state index contributed by atoms with van der Waals surface area (Å²) in [6.07, 6.45) is 8.67. The molecule has 5 rings (SSSR count). The summed E-state index contributed by atoms with van der Waals surface area (Å²) in [5, 5.41) is 6.49. The average molecular weight is 490 g/mol. The van der Waals surface area contributed by atoms with Gasteiger partial charge in [0.05, 0.1) is 35.9 Å². The van der Waals surface area contributed by atoms with E-state index in [1.54, 1.807) is 18.2 Å². The van der Waals surface area contributed by atoms with Crippen LogP contribution < -0.4 is 10.6 Å². The number of nitrogens with zero attached hydrogens (tertiary/aromatic N) is 1. The molecule has 35 heavy (non-hydrogen) atoms. The number of ether oxygens (including phenoxy) is 1. The van der Waals surface area contributed by atoms with Gasteiger partial charge in [0, 0.05) is 35.8 Å². The summed E-state index contributed by atoms with van der Waals surface area (Å²) in [6, 6.07) is 10.8. The topological polar surface area (TPSA) is 70.7 Å². The fourth-order valence-corrected chi connectivity index (χ4v) is 5.47. The number of halogens is 1. The van der Waals surface area contributed by atoms with Gasteiger partial charge in [-0.3, -0.25) is 9.59 Å². The van der Waals surface area contributed by atoms with Crippen molar-refractivity contribution in [2.45, 2.75) is 26.3 Å². The van der Waals surface area contributed by atoms with Gasteiger partial charge in [0.2, 0.25) is 0 Å². The molecule has 1 amide bonds. The van der Waals surface area contributed by atoms with Crippen LogP contribution in [0.2, 0.25) is 5.02 Å². The normalized spacial score (nSPS) is 21.1. The third-order valence-corrected chi connectivity index (χ3v) is 7.20. The number of amides is 1. The summed E-state index contributed by atoms with van der Waals surface area (Å²) in [4.78, 5) is 28.9. The van der Waals surface area contributed by atoms with E-state index in [-0.39, 0.29) is 23.7 Å². The van der Waals surface area contributed by atoms with Gasteiger partial charge in [-0.25, -0.2) is 0 Å². The van der Waals surface area contributed by atoms with Crippen molar-refractivity contribution in [3.05, 3.63) is 99.5 Å². The van der Waals surface area contributed by atoms with Gasteiger partial charge in [-0.15, -0.1) is 0 Å². The van der Waals surface area contributed by atoms with Crippen molar-refractivity contribution in [2.75, 3.05) is 25.1 Å². The summed E-state index contributed by atoms with van der Waals surface area (Å²) >= 11 is 6.62. The van der Waals surface area contributed by atoms with Crippen LogP contribution in [0.1, 0.15) is 38.3 Å². The molecular weight excluding hydrogens is 462 g/mol. The Morgan fingerprint density at radius 2 is 1.94 bits per heavy atom. The molecule has 0 spiro atoms. The van der Waals surface area contributed by atoms with E-state index in [0.717, 1.165) is 28.9 Å². The van der Waals surface area contributed by atoms with Gasteiger partial charge in [0.15, 0.2) is 5.78 Å². The number of benzene rings is 2. The monoisotopic (exact) mass is 489 g/mol. The first kappa shape index (κ1) is 23.4. The first-order valence-corrected chi connectivity index (χ1v) is 12.2.